The van der Waals surface area contributed by atoms with Crippen LogP contribution in [-0.4, -0.2) is 17.9 Å². The molecule has 1 aliphatic heterocycles. The van der Waals surface area contributed by atoms with E-state index in [9.17, 15) is 9.90 Å². The minimum atomic E-state index is -1.14. The molecule has 5 nitrogen and oxygen atoms in total. The van der Waals surface area contributed by atoms with Crippen molar-refractivity contribution in [3.8, 4) is 17.2 Å². The number of aryl methyl sites for hydroxylation is 2. The van der Waals surface area contributed by atoms with Gasteiger partial charge in [0.1, 0.15) is 5.75 Å². The van der Waals surface area contributed by atoms with Gasteiger partial charge >= 0.3 is 5.97 Å². The van der Waals surface area contributed by atoms with Crippen molar-refractivity contribution in [2.75, 3.05) is 6.79 Å². The van der Waals surface area contributed by atoms with Crippen LogP contribution in [0.1, 0.15) is 16.7 Å². The van der Waals surface area contributed by atoms with E-state index in [2.05, 4.69) is 0 Å². The molecule has 0 aliphatic carbocycles. The van der Waals surface area contributed by atoms with Crippen LogP contribution >= 0.6 is 0 Å². The van der Waals surface area contributed by atoms with Crippen LogP contribution in [-0.2, 0) is 4.79 Å². The Hall–Kier alpha value is -2.95. The van der Waals surface area contributed by atoms with E-state index in [0.717, 1.165) is 11.1 Å². The smallest absolute Gasteiger partial charge is 0.371 e. The first-order valence-corrected chi connectivity index (χ1v) is 7.12. The van der Waals surface area contributed by atoms with Crippen molar-refractivity contribution >= 4 is 12.0 Å². The van der Waals surface area contributed by atoms with Gasteiger partial charge in [-0.2, -0.15) is 0 Å². The molecule has 23 heavy (non-hydrogen) atoms. The summed E-state index contributed by atoms with van der Waals surface area (Å²) in [5.74, 6) is 0.441. The normalized spacial score (nSPS) is 13.0. The Kier molecular flexibility index (Phi) is 3.93. The van der Waals surface area contributed by atoms with E-state index in [1.807, 2.05) is 19.9 Å². The second-order valence-electron chi connectivity index (χ2n) is 5.35. The molecule has 0 saturated heterocycles. The van der Waals surface area contributed by atoms with Crippen molar-refractivity contribution in [3.05, 3.63) is 58.8 Å². The Morgan fingerprint density at radius 3 is 2.48 bits per heavy atom. The first-order chi connectivity index (χ1) is 11.0. The highest BCUT2D eigenvalue weighted by molar-refractivity contribution is 5.90. The molecule has 1 N–H and O–H groups in total. The summed E-state index contributed by atoms with van der Waals surface area (Å²) in [7, 11) is 0. The predicted molar refractivity (Wildman–Crippen MR) is 84.7 cm³/mol. The molecule has 0 radical (unpaired) electrons. The van der Waals surface area contributed by atoms with E-state index < -0.39 is 5.97 Å². The Morgan fingerprint density at radius 1 is 1.09 bits per heavy atom. The Labute approximate surface area is 133 Å². The number of carboxylic acids is 1. The lowest BCUT2D eigenvalue weighted by molar-refractivity contribution is -0.134. The second-order valence-corrected chi connectivity index (χ2v) is 5.35. The van der Waals surface area contributed by atoms with Crippen molar-refractivity contribution in [1.29, 1.82) is 0 Å². The quantitative estimate of drug-likeness (QED) is 0.691. The van der Waals surface area contributed by atoms with E-state index in [1.165, 1.54) is 6.08 Å². The molecule has 1 heterocycles. The van der Waals surface area contributed by atoms with Crippen LogP contribution in [0.2, 0.25) is 0 Å². The number of hydrogen-bond acceptors (Lipinski definition) is 4. The monoisotopic (exact) mass is 312 g/mol. The summed E-state index contributed by atoms with van der Waals surface area (Å²) in [4.78, 5) is 11.5. The maximum absolute atomic E-state index is 11.5. The zero-order valence-corrected chi connectivity index (χ0v) is 12.8. The average Bonchev–Trinajstić information content (AvgIpc) is 2.93. The SMILES string of the molecule is Cc1cc(C)cc(OC(=Cc2ccc3c(c2)OCO3)C(=O)O)c1. The van der Waals surface area contributed by atoms with Gasteiger partial charge in [0.15, 0.2) is 11.5 Å². The van der Waals surface area contributed by atoms with Crippen molar-refractivity contribution < 1.29 is 24.1 Å². The van der Waals surface area contributed by atoms with Gasteiger partial charge in [-0.3, -0.25) is 0 Å². The van der Waals surface area contributed by atoms with Crippen molar-refractivity contribution in [1.82, 2.24) is 0 Å². The predicted octanol–water partition coefficient (Wildman–Crippen LogP) is 3.54. The lowest BCUT2D eigenvalue weighted by Crippen LogP contribution is -2.07. The van der Waals surface area contributed by atoms with Crippen LogP contribution in [0, 0.1) is 13.8 Å². The zero-order chi connectivity index (χ0) is 16.4. The minimum Gasteiger partial charge on any atom is -0.475 e. The first kappa shape index (κ1) is 15.0. The number of carboxylic acid groups (broad SMARTS) is 1. The number of fused-ring (bicyclic) bond motifs is 1. The summed E-state index contributed by atoms with van der Waals surface area (Å²) in [6, 6.07) is 10.8. The first-order valence-electron chi connectivity index (χ1n) is 7.12. The number of benzene rings is 2. The lowest BCUT2D eigenvalue weighted by atomic mass is 10.1. The Morgan fingerprint density at radius 2 is 1.78 bits per heavy atom. The molecule has 0 saturated carbocycles. The lowest BCUT2D eigenvalue weighted by Gasteiger charge is -2.08. The topological polar surface area (TPSA) is 65.0 Å². The van der Waals surface area contributed by atoms with E-state index in [-0.39, 0.29) is 12.6 Å². The third kappa shape index (κ3) is 3.45. The van der Waals surface area contributed by atoms with Gasteiger partial charge in [0.05, 0.1) is 0 Å². The molecule has 1 aliphatic rings. The third-order valence-electron chi connectivity index (χ3n) is 3.33. The summed E-state index contributed by atoms with van der Waals surface area (Å²) >= 11 is 0. The average molecular weight is 312 g/mol. The summed E-state index contributed by atoms with van der Waals surface area (Å²) < 4.78 is 16.1. The molecule has 0 unspecified atom stereocenters. The highest BCUT2D eigenvalue weighted by Crippen LogP contribution is 2.33. The molecule has 0 aromatic heterocycles. The van der Waals surface area contributed by atoms with Gasteiger partial charge in [-0.05, 0) is 60.9 Å². The largest absolute Gasteiger partial charge is 0.475 e. The van der Waals surface area contributed by atoms with Crippen LogP contribution in [0.3, 0.4) is 0 Å². The molecular formula is C18H16O5. The zero-order valence-electron chi connectivity index (χ0n) is 12.8. The van der Waals surface area contributed by atoms with Gasteiger partial charge in [-0.1, -0.05) is 12.1 Å². The standard InChI is InChI=1S/C18H16O5/c1-11-5-12(2)7-14(6-11)23-17(18(19)20)9-13-3-4-15-16(8-13)22-10-21-15/h3-9H,10H2,1-2H3,(H,19,20). The fourth-order valence-electron chi connectivity index (χ4n) is 2.41. The molecule has 5 heteroatoms. The Balaban J connectivity index is 1.90. The van der Waals surface area contributed by atoms with Gasteiger partial charge in [0, 0.05) is 0 Å². The third-order valence-corrected chi connectivity index (χ3v) is 3.33. The van der Waals surface area contributed by atoms with Gasteiger partial charge in [0.25, 0.3) is 0 Å². The van der Waals surface area contributed by atoms with Gasteiger partial charge in [-0.25, -0.2) is 4.79 Å². The number of ether oxygens (including phenoxy) is 3. The van der Waals surface area contributed by atoms with E-state index in [1.54, 1.807) is 30.3 Å². The molecule has 0 fully saturated rings. The maximum atomic E-state index is 11.5. The van der Waals surface area contributed by atoms with Crippen molar-refractivity contribution in [2.45, 2.75) is 13.8 Å². The molecule has 3 rings (SSSR count). The Bertz CT molecular complexity index is 772. The molecule has 2 aromatic rings. The van der Waals surface area contributed by atoms with Gasteiger partial charge in [-0.15, -0.1) is 0 Å². The van der Waals surface area contributed by atoms with E-state index >= 15 is 0 Å². The number of aliphatic carboxylic acids is 1. The van der Waals surface area contributed by atoms with Crippen LogP contribution < -0.4 is 14.2 Å². The fourth-order valence-corrected chi connectivity index (χ4v) is 2.41. The van der Waals surface area contributed by atoms with Crippen molar-refractivity contribution in [3.63, 3.8) is 0 Å². The van der Waals surface area contributed by atoms with Crippen LogP contribution in [0.15, 0.2) is 42.2 Å². The molecular weight excluding hydrogens is 296 g/mol. The van der Waals surface area contributed by atoms with Crippen LogP contribution in [0.4, 0.5) is 0 Å². The highest BCUT2D eigenvalue weighted by atomic mass is 16.7. The summed E-state index contributed by atoms with van der Waals surface area (Å²) in [5.41, 5.74) is 2.68. The van der Waals surface area contributed by atoms with Gasteiger partial charge < -0.3 is 19.3 Å². The minimum absolute atomic E-state index is 0.158. The summed E-state index contributed by atoms with van der Waals surface area (Å²) in [5, 5.41) is 9.38. The second kappa shape index (κ2) is 6.04. The molecule has 0 spiro atoms. The van der Waals surface area contributed by atoms with E-state index in [0.29, 0.717) is 22.8 Å². The highest BCUT2D eigenvalue weighted by Gasteiger charge is 2.15. The summed E-state index contributed by atoms with van der Waals surface area (Å²) in [6.45, 7) is 4.04. The molecule has 2 aromatic carbocycles. The molecule has 0 atom stereocenters. The molecule has 118 valence electrons. The summed E-state index contributed by atoms with van der Waals surface area (Å²) in [6.07, 6.45) is 1.46. The fraction of sp³-hybridized carbons (Fsp3) is 0.167. The number of carbonyl (C=O) groups is 1. The molecule has 0 bridgehead atoms. The van der Waals surface area contributed by atoms with Gasteiger partial charge in [0.2, 0.25) is 12.6 Å². The van der Waals surface area contributed by atoms with Crippen LogP contribution in [0.5, 0.6) is 17.2 Å². The van der Waals surface area contributed by atoms with Crippen LogP contribution in [0.25, 0.3) is 6.08 Å². The van der Waals surface area contributed by atoms with E-state index in [4.69, 9.17) is 14.2 Å². The maximum Gasteiger partial charge on any atom is 0.371 e. The number of hydrogen-bond donors (Lipinski definition) is 1. The van der Waals surface area contributed by atoms with Crippen molar-refractivity contribution in [2.24, 2.45) is 0 Å². The number of rotatable bonds is 4. The molecule has 0 amide bonds.